The quantitative estimate of drug-likeness (QED) is 0.741. The average molecular weight is 320 g/mol. The van der Waals surface area contributed by atoms with Crippen LogP contribution >= 0.6 is 0 Å². The van der Waals surface area contributed by atoms with E-state index in [-0.39, 0.29) is 35.6 Å². The van der Waals surface area contributed by atoms with Crippen LogP contribution in [0.3, 0.4) is 0 Å². The van der Waals surface area contributed by atoms with Crippen LogP contribution in [0.2, 0.25) is 0 Å². The molecule has 7 nitrogen and oxygen atoms in total. The molecule has 0 saturated carbocycles. The predicted molar refractivity (Wildman–Crippen MR) is 72.1 cm³/mol. The van der Waals surface area contributed by atoms with Gasteiger partial charge in [-0.25, -0.2) is 26.5 Å². The lowest BCUT2D eigenvalue weighted by Crippen LogP contribution is -2.30. The van der Waals surface area contributed by atoms with E-state index in [1.165, 1.54) is 18.3 Å². The number of aromatic nitrogens is 1. The van der Waals surface area contributed by atoms with Crippen LogP contribution in [0.1, 0.15) is 12.0 Å². The molecule has 1 saturated heterocycles. The van der Waals surface area contributed by atoms with Gasteiger partial charge in [0.15, 0.2) is 14.9 Å². The predicted octanol–water partition coefficient (Wildman–Crippen LogP) is -0.713. The van der Waals surface area contributed by atoms with Crippen molar-refractivity contribution in [1.82, 2.24) is 9.71 Å². The van der Waals surface area contributed by atoms with Gasteiger partial charge >= 0.3 is 0 Å². The van der Waals surface area contributed by atoms with Crippen LogP contribution in [0.4, 0.5) is 0 Å². The minimum absolute atomic E-state index is 0.0202. The normalized spacial score (nSPS) is 21.9. The van der Waals surface area contributed by atoms with Crippen molar-refractivity contribution in [3.05, 3.63) is 23.9 Å². The highest BCUT2D eigenvalue weighted by Gasteiger charge is 2.29. The van der Waals surface area contributed by atoms with Gasteiger partial charge in [0.2, 0.25) is 0 Å². The maximum absolute atomic E-state index is 12.0. The Labute approximate surface area is 118 Å². The van der Waals surface area contributed by atoms with Crippen molar-refractivity contribution in [2.24, 2.45) is 5.92 Å². The summed E-state index contributed by atoms with van der Waals surface area (Å²) in [5.74, 6) is -0.0543. The SMILES string of the molecule is O=S1(=O)CCC(CNS(=O)(=O)c2ccc(CO)cn2)C1. The third kappa shape index (κ3) is 3.75. The van der Waals surface area contributed by atoms with E-state index in [0.29, 0.717) is 12.0 Å². The summed E-state index contributed by atoms with van der Waals surface area (Å²) >= 11 is 0. The zero-order valence-electron chi connectivity index (χ0n) is 10.7. The lowest BCUT2D eigenvalue weighted by molar-refractivity contribution is 0.281. The molecule has 1 aromatic heterocycles. The molecule has 2 heterocycles. The third-order valence-electron chi connectivity index (χ3n) is 3.14. The van der Waals surface area contributed by atoms with Crippen LogP contribution in [0.25, 0.3) is 0 Å². The first-order valence-electron chi connectivity index (χ1n) is 6.08. The lowest BCUT2D eigenvalue weighted by Gasteiger charge is -2.10. The first kappa shape index (κ1) is 15.4. The first-order valence-corrected chi connectivity index (χ1v) is 9.39. The average Bonchev–Trinajstić information content (AvgIpc) is 2.76. The fraction of sp³-hybridized carbons (Fsp3) is 0.545. The molecule has 20 heavy (non-hydrogen) atoms. The molecule has 0 spiro atoms. The Bertz CT molecular complexity index is 667. The Hall–Kier alpha value is -1.03. The molecule has 112 valence electrons. The van der Waals surface area contributed by atoms with Crippen molar-refractivity contribution in [3.63, 3.8) is 0 Å². The maximum Gasteiger partial charge on any atom is 0.258 e. The van der Waals surface area contributed by atoms with Crippen LogP contribution in [-0.4, -0.2) is 45.0 Å². The summed E-state index contributed by atoms with van der Waals surface area (Å²) in [6.45, 7) is -0.119. The van der Waals surface area contributed by atoms with Gasteiger partial charge in [0, 0.05) is 12.7 Å². The fourth-order valence-electron chi connectivity index (χ4n) is 2.00. The van der Waals surface area contributed by atoms with E-state index >= 15 is 0 Å². The number of sulfone groups is 1. The lowest BCUT2D eigenvalue weighted by atomic mass is 10.1. The van der Waals surface area contributed by atoms with E-state index in [9.17, 15) is 16.8 Å². The van der Waals surface area contributed by atoms with E-state index in [1.807, 2.05) is 0 Å². The number of hydrogen-bond donors (Lipinski definition) is 2. The van der Waals surface area contributed by atoms with Crippen LogP contribution in [0.5, 0.6) is 0 Å². The van der Waals surface area contributed by atoms with Crippen molar-refractivity contribution in [1.29, 1.82) is 0 Å². The van der Waals surface area contributed by atoms with Crippen molar-refractivity contribution in [3.8, 4) is 0 Å². The van der Waals surface area contributed by atoms with E-state index in [4.69, 9.17) is 5.11 Å². The van der Waals surface area contributed by atoms with Crippen molar-refractivity contribution >= 4 is 19.9 Å². The molecule has 2 rings (SSSR count). The first-order chi connectivity index (χ1) is 9.32. The summed E-state index contributed by atoms with van der Waals surface area (Å²) in [6.07, 6.45) is 1.76. The second-order valence-electron chi connectivity index (χ2n) is 4.78. The molecule has 1 atom stereocenters. The van der Waals surface area contributed by atoms with E-state index < -0.39 is 19.9 Å². The molecule has 0 radical (unpaired) electrons. The van der Waals surface area contributed by atoms with Gasteiger partial charge in [-0.3, -0.25) is 0 Å². The number of aliphatic hydroxyl groups excluding tert-OH is 1. The number of aliphatic hydroxyl groups is 1. The third-order valence-corrected chi connectivity index (χ3v) is 6.32. The van der Waals surface area contributed by atoms with Gasteiger partial charge < -0.3 is 5.11 Å². The second kappa shape index (κ2) is 5.76. The summed E-state index contributed by atoms with van der Waals surface area (Å²) in [5, 5.41) is 8.72. The van der Waals surface area contributed by atoms with Gasteiger partial charge in [-0.2, -0.15) is 0 Å². The monoisotopic (exact) mass is 320 g/mol. The number of sulfonamides is 1. The van der Waals surface area contributed by atoms with E-state index in [1.54, 1.807) is 0 Å². The van der Waals surface area contributed by atoms with Gasteiger partial charge in [0.1, 0.15) is 0 Å². The Kier molecular flexibility index (Phi) is 4.43. The molecule has 9 heteroatoms. The highest BCUT2D eigenvalue weighted by atomic mass is 32.2. The van der Waals surface area contributed by atoms with Crippen LogP contribution in [0.15, 0.2) is 23.4 Å². The Balaban J connectivity index is 2.00. The molecule has 1 aliphatic heterocycles. The molecular formula is C11H16N2O5S2. The Morgan fingerprint density at radius 1 is 1.40 bits per heavy atom. The topological polar surface area (TPSA) is 113 Å². The smallest absolute Gasteiger partial charge is 0.258 e. The standard InChI is InChI=1S/C11H16N2O5S2/c14-7-9-1-2-11(12-5-9)20(17,18)13-6-10-3-4-19(15,16)8-10/h1-2,5,10,13-14H,3-4,6-8H2. The fourth-order valence-corrected chi connectivity index (χ4v) is 4.90. The minimum Gasteiger partial charge on any atom is -0.392 e. The molecule has 0 aliphatic carbocycles. The molecule has 0 bridgehead atoms. The van der Waals surface area contributed by atoms with Gasteiger partial charge in [0.25, 0.3) is 10.0 Å². The Morgan fingerprint density at radius 2 is 2.15 bits per heavy atom. The van der Waals surface area contributed by atoms with Gasteiger partial charge in [-0.05, 0) is 24.0 Å². The van der Waals surface area contributed by atoms with Crippen molar-refractivity contribution < 1.29 is 21.9 Å². The van der Waals surface area contributed by atoms with E-state index in [0.717, 1.165) is 0 Å². The second-order valence-corrected chi connectivity index (χ2v) is 8.73. The largest absolute Gasteiger partial charge is 0.392 e. The molecule has 1 aromatic rings. The molecule has 1 unspecified atom stereocenters. The van der Waals surface area contributed by atoms with Gasteiger partial charge in [-0.1, -0.05) is 6.07 Å². The number of rotatable bonds is 5. The summed E-state index contributed by atoms with van der Waals surface area (Å²) in [4.78, 5) is 3.77. The summed E-state index contributed by atoms with van der Waals surface area (Å²) < 4.78 is 48.9. The minimum atomic E-state index is -3.75. The van der Waals surface area contributed by atoms with Gasteiger partial charge in [-0.15, -0.1) is 0 Å². The summed E-state index contributed by atoms with van der Waals surface area (Å²) in [5.41, 5.74) is 0.519. The van der Waals surface area contributed by atoms with Gasteiger partial charge in [0.05, 0.1) is 18.1 Å². The van der Waals surface area contributed by atoms with Crippen LogP contribution in [-0.2, 0) is 26.5 Å². The molecule has 0 aromatic carbocycles. The van der Waals surface area contributed by atoms with E-state index in [2.05, 4.69) is 9.71 Å². The Morgan fingerprint density at radius 3 is 2.65 bits per heavy atom. The highest BCUT2D eigenvalue weighted by molar-refractivity contribution is 7.91. The van der Waals surface area contributed by atoms with Crippen LogP contribution < -0.4 is 4.72 Å². The molecular weight excluding hydrogens is 304 g/mol. The van der Waals surface area contributed by atoms with Crippen molar-refractivity contribution in [2.75, 3.05) is 18.1 Å². The molecule has 1 aliphatic rings. The number of hydrogen-bond acceptors (Lipinski definition) is 6. The highest BCUT2D eigenvalue weighted by Crippen LogP contribution is 2.18. The molecule has 1 fully saturated rings. The van der Waals surface area contributed by atoms with Crippen molar-refractivity contribution in [2.45, 2.75) is 18.1 Å². The zero-order chi connectivity index (χ0) is 14.8. The number of nitrogens with one attached hydrogen (secondary N) is 1. The molecule has 2 N–H and O–H groups in total. The summed E-state index contributed by atoms with van der Waals surface area (Å²) in [7, 11) is -6.76. The summed E-state index contributed by atoms with van der Waals surface area (Å²) in [6, 6.07) is 2.78. The zero-order valence-corrected chi connectivity index (χ0v) is 12.3. The number of nitrogens with zero attached hydrogens (tertiary/aromatic N) is 1. The molecule has 0 amide bonds. The maximum atomic E-state index is 12.0. The van der Waals surface area contributed by atoms with Crippen LogP contribution in [0, 0.1) is 5.92 Å². The number of pyridine rings is 1.